The molecule has 4 rings (SSSR count). The molecule has 1 amide bonds. The summed E-state index contributed by atoms with van der Waals surface area (Å²) in [5, 5.41) is 4.26. The average molecular weight is 367 g/mol. The van der Waals surface area contributed by atoms with E-state index in [-0.39, 0.29) is 5.91 Å². The molecule has 0 aliphatic carbocycles. The Morgan fingerprint density at radius 3 is 2.81 bits per heavy atom. The third kappa shape index (κ3) is 3.94. The lowest BCUT2D eigenvalue weighted by molar-refractivity contribution is -0.910. The van der Waals surface area contributed by atoms with Gasteiger partial charge in [-0.15, -0.1) is 11.3 Å². The number of para-hydroxylation sites is 1. The quantitative estimate of drug-likeness (QED) is 0.704. The molecule has 134 valence electrons. The first-order valence-electron chi connectivity index (χ1n) is 9.30. The van der Waals surface area contributed by atoms with Crippen LogP contribution in [0.15, 0.2) is 54.6 Å². The highest BCUT2D eigenvalue weighted by Crippen LogP contribution is 2.28. The van der Waals surface area contributed by atoms with Crippen LogP contribution in [0.4, 0.5) is 0 Å². The molecular weight excluding hydrogens is 342 g/mol. The minimum Gasteiger partial charge on any atom is -0.351 e. The van der Waals surface area contributed by atoms with Gasteiger partial charge in [0.15, 0.2) is 11.6 Å². The van der Waals surface area contributed by atoms with Gasteiger partial charge in [0.25, 0.3) is 5.91 Å². The number of likely N-dealkylation sites (tertiary alicyclic amines) is 1. The maximum Gasteiger partial charge on any atom is 0.275 e. The summed E-state index contributed by atoms with van der Waals surface area (Å²) >= 11 is 1.78. The van der Waals surface area contributed by atoms with Crippen molar-refractivity contribution in [1.82, 2.24) is 10.3 Å². The monoisotopic (exact) mass is 366 g/mol. The van der Waals surface area contributed by atoms with Gasteiger partial charge in [-0.2, -0.15) is 0 Å². The van der Waals surface area contributed by atoms with Crippen LogP contribution < -0.4 is 10.2 Å². The molecule has 1 aliphatic heterocycles. The van der Waals surface area contributed by atoms with Gasteiger partial charge in [-0.05, 0) is 24.1 Å². The zero-order chi connectivity index (χ0) is 17.8. The molecule has 0 bridgehead atoms. The third-order valence-corrected chi connectivity index (χ3v) is 6.21. The van der Waals surface area contributed by atoms with Gasteiger partial charge < -0.3 is 10.2 Å². The number of thiazole rings is 1. The van der Waals surface area contributed by atoms with E-state index in [1.165, 1.54) is 20.2 Å². The smallest absolute Gasteiger partial charge is 0.275 e. The molecule has 1 aliphatic rings. The van der Waals surface area contributed by atoms with Crippen LogP contribution in [0.5, 0.6) is 0 Å². The second kappa shape index (κ2) is 7.98. The molecule has 0 radical (unpaired) electrons. The topological polar surface area (TPSA) is 46.4 Å². The summed E-state index contributed by atoms with van der Waals surface area (Å²) in [7, 11) is 0. The summed E-state index contributed by atoms with van der Waals surface area (Å²) in [6, 6.07) is 18.9. The maximum absolute atomic E-state index is 12.4. The summed E-state index contributed by atoms with van der Waals surface area (Å²) in [4.78, 5) is 18.6. The maximum atomic E-state index is 12.4. The Hall–Kier alpha value is -2.24. The number of aromatic nitrogens is 1. The molecule has 2 heterocycles. The Bertz CT molecular complexity index is 844. The van der Waals surface area contributed by atoms with E-state index >= 15 is 0 Å². The average Bonchev–Trinajstić information content (AvgIpc) is 3.28. The Balaban J connectivity index is 1.33. The molecule has 5 heteroatoms. The SMILES string of the molecule is O=C(C[NH+]1CCC[C@H]1c1nc2ccccc2s1)NCCc1ccccc1. The van der Waals surface area contributed by atoms with Crippen LogP contribution in [-0.4, -0.2) is 30.5 Å². The standard InChI is InChI=1S/C21H23N3OS/c25-20(22-13-12-16-7-2-1-3-8-16)15-24-14-6-10-18(24)21-23-17-9-4-5-11-19(17)26-21/h1-5,7-9,11,18H,6,10,12-15H2,(H,22,25)/p+1/t18-/m0/s1. The number of hydrogen-bond donors (Lipinski definition) is 2. The highest BCUT2D eigenvalue weighted by atomic mass is 32.1. The van der Waals surface area contributed by atoms with E-state index in [0.29, 0.717) is 19.1 Å². The number of benzene rings is 2. The van der Waals surface area contributed by atoms with Crippen LogP contribution in [0.25, 0.3) is 10.2 Å². The van der Waals surface area contributed by atoms with Crippen molar-refractivity contribution in [2.75, 3.05) is 19.6 Å². The summed E-state index contributed by atoms with van der Waals surface area (Å²) in [6.45, 7) is 2.28. The Morgan fingerprint density at radius 1 is 1.15 bits per heavy atom. The molecular formula is C21H24N3OS+. The first kappa shape index (κ1) is 17.2. The predicted molar refractivity (Wildman–Crippen MR) is 105 cm³/mol. The first-order valence-corrected chi connectivity index (χ1v) is 10.1. The zero-order valence-electron chi connectivity index (χ0n) is 14.8. The molecule has 26 heavy (non-hydrogen) atoms. The lowest BCUT2D eigenvalue weighted by atomic mass is 10.1. The van der Waals surface area contributed by atoms with Gasteiger partial charge in [0.05, 0.1) is 16.8 Å². The number of hydrogen-bond acceptors (Lipinski definition) is 3. The van der Waals surface area contributed by atoms with Crippen molar-refractivity contribution in [2.24, 2.45) is 0 Å². The predicted octanol–water partition coefficient (Wildman–Crippen LogP) is 2.38. The van der Waals surface area contributed by atoms with Crippen molar-refractivity contribution in [3.05, 3.63) is 65.2 Å². The molecule has 1 fully saturated rings. The molecule has 2 N–H and O–H groups in total. The molecule has 2 atom stereocenters. The number of carbonyl (C=O) groups is 1. The molecule has 1 unspecified atom stereocenters. The fraction of sp³-hybridized carbons (Fsp3) is 0.333. The van der Waals surface area contributed by atoms with Gasteiger partial charge in [0.1, 0.15) is 6.04 Å². The van der Waals surface area contributed by atoms with Gasteiger partial charge in [0.2, 0.25) is 0 Å². The van der Waals surface area contributed by atoms with Gasteiger partial charge in [0, 0.05) is 19.4 Å². The molecule has 0 saturated carbocycles. The molecule has 4 nitrogen and oxygen atoms in total. The molecule has 0 spiro atoms. The van der Waals surface area contributed by atoms with Gasteiger partial charge in [-0.3, -0.25) is 4.79 Å². The zero-order valence-corrected chi connectivity index (χ0v) is 15.6. The summed E-state index contributed by atoms with van der Waals surface area (Å²) in [5.74, 6) is 0.143. The van der Waals surface area contributed by atoms with Crippen LogP contribution in [0.2, 0.25) is 0 Å². The third-order valence-electron chi connectivity index (χ3n) is 5.06. The van der Waals surface area contributed by atoms with Crippen molar-refractivity contribution in [3.63, 3.8) is 0 Å². The van der Waals surface area contributed by atoms with Crippen LogP contribution in [-0.2, 0) is 11.2 Å². The Labute approximate surface area is 157 Å². The van der Waals surface area contributed by atoms with E-state index < -0.39 is 0 Å². The minimum absolute atomic E-state index is 0.143. The Morgan fingerprint density at radius 2 is 1.96 bits per heavy atom. The Kier molecular flexibility index (Phi) is 5.27. The first-order chi connectivity index (χ1) is 12.8. The largest absolute Gasteiger partial charge is 0.351 e. The fourth-order valence-corrected chi connectivity index (χ4v) is 4.88. The molecule has 1 aromatic heterocycles. The van der Waals surface area contributed by atoms with Gasteiger partial charge in [-0.1, -0.05) is 42.5 Å². The van der Waals surface area contributed by atoms with Crippen molar-refractivity contribution in [3.8, 4) is 0 Å². The minimum atomic E-state index is 0.143. The van der Waals surface area contributed by atoms with E-state index in [2.05, 4.69) is 35.6 Å². The summed E-state index contributed by atoms with van der Waals surface area (Å²) in [5.41, 5.74) is 2.33. The number of quaternary nitrogens is 1. The highest BCUT2D eigenvalue weighted by molar-refractivity contribution is 7.18. The van der Waals surface area contributed by atoms with Crippen molar-refractivity contribution in [2.45, 2.75) is 25.3 Å². The number of fused-ring (bicyclic) bond motifs is 1. The number of carbonyl (C=O) groups excluding carboxylic acids is 1. The number of rotatable bonds is 6. The number of amides is 1. The van der Waals surface area contributed by atoms with Gasteiger partial charge >= 0.3 is 0 Å². The number of nitrogens with one attached hydrogen (secondary N) is 2. The van der Waals surface area contributed by atoms with E-state index in [9.17, 15) is 4.79 Å². The van der Waals surface area contributed by atoms with Crippen LogP contribution >= 0.6 is 11.3 Å². The molecule has 2 aromatic carbocycles. The van der Waals surface area contributed by atoms with E-state index in [1.807, 2.05) is 24.3 Å². The van der Waals surface area contributed by atoms with Crippen molar-refractivity contribution >= 4 is 27.5 Å². The second-order valence-corrected chi connectivity index (χ2v) is 7.95. The second-order valence-electron chi connectivity index (χ2n) is 6.89. The van der Waals surface area contributed by atoms with Gasteiger partial charge in [-0.25, -0.2) is 4.98 Å². The van der Waals surface area contributed by atoms with Crippen LogP contribution in [0, 0.1) is 0 Å². The van der Waals surface area contributed by atoms with E-state index in [0.717, 1.165) is 31.3 Å². The van der Waals surface area contributed by atoms with Crippen LogP contribution in [0.1, 0.15) is 29.5 Å². The lowest BCUT2D eigenvalue weighted by Crippen LogP contribution is -3.11. The molecule has 3 aromatic rings. The lowest BCUT2D eigenvalue weighted by Gasteiger charge is -2.19. The van der Waals surface area contributed by atoms with Crippen LogP contribution in [0.3, 0.4) is 0 Å². The van der Waals surface area contributed by atoms with Crippen molar-refractivity contribution < 1.29 is 9.69 Å². The normalized spacial score (nSPS) is 19.7. The highest BCUT2D eigenvalue weighted by Gasteiger charge is 2.33. The molecule has 1 saturated heterocycles. The fourth-order valence-electron chi connectivity index (χ4n) is 3.72. The van der Waals surface area contributed by atoms with E-state index in [1.54, 1.807) is 11.3 Å². The number of nitrogens with zero attached hydrogens (tertiary/aromatic N) is 1. The van der Waals surface area contributed by atoms with Crippen molar-refractivity contribution in [1.29, 1.82) is 0 Å². The summed E-state index contributed by atoms with van der Waals surface area (Å²) in [6.07, 6.45) is 3.16. The van der Waals surface area contributed by atoms with E-state index in [4.69, 9.17) is 4.98 Å². The summed E-state index contributed by atoms with van der Waals surface area (Å²) < 4.78 is 1.24.